The van der Waals surface area contributed by atoms with Gasteiger partial charge in [0, 0.05) is 12.6 Å². The van der Waals surface area contributed by atoms with Crippen LogP contribution >= 0.6 is 0 Å². The third-order valence-corrected chi connectivity index (χ3v) is 1.96. The summed E-state index contributed by atoms with van der Waals surface area (Å²) in [5.74, 6) is -0.329. The molecule has 0 bridgehead atoms. The highest BCUT2D eigenvalue weighted by Gasteiger charge is 1.97. The summed E-state index contributed by atoms with van der Waals surface area (Å²) in [6.07, 6.45) is 3.14. The highest BCUT2D eigenvalue weighted by Crippen LogP contribution is 2.09. The maximum atomic E-state index is 11.1. The van der Waals surface area contributed by atoms with Gasteiger partial charge in [-0.2, -0.15) is 0 Å². The first-order valence-corrected chi connectivity index (χ1v) is 4.90. The molecular weight excluding hydrogens is 190 g/mol. The van der Waals surface area contributed by atoms with Crippen molar-refractivity contribution in [2.24, 2.45) is 5.73 Å². The number of rotatable bonds is 4. The van der Waals surface area contributed by atoms with Crippen LogP contribution in [-0.2, 0) is 16.1 Å². The SMILES string of the molecule is CCOC(=O)C=Cc1ccccc1CN. The molecule has 0 spiro atoms. The lowest BCUT2D eigenvalue weighted by atomic mass is 10.1. The van der Waals surface area contributed by atoms with E-state index in [2.05, 4.69) is 0 Å². The van der Waals surface area contributed by atoms with Gasteiger partial charge in [-0.15, -0.1) is 0 Å². The zero-order valence-corrected chi connectivity index (χ0v) is 8.77. The van der Waals surface area contributed by atoms with E-state index >= 15 is 0 Å². The van der Waals surface area contributed by atoms with Crippen LogP contribution < -0.4 is 5.73 Å². The Kier molecular flexibility index (Phi) is 4.57. The molecule has 80 valence electrons. The monoisotopic (exact) mass is 205 g/mol. The Hall–Kier alpha value is -1.61. The van der Waals surface area contributed by atoms with E-state index in [4.69, 9.17) is 10.5 Å². The van der Waals surface area contributed by atoms with Crippen LogP contribution in [0.4, 0.5) is 0 Å². The molecular formula is C12H15NO2. The Morgan fingerprint density at radius 2 is 2.20 bits per heavy atom. The number of hydrogen-bond donors (Lipinski definition) is 1. The third kappa shape index (κ3) is 3.56. The van der Waals surface area contributed by atoms with Crippen molar-refractivity contribution in [1.82, 2.24) is 0 Å². The number of nitrogens with two attached hydrogens (primary N) is 1. The fourth-order valence-corrected chi connectivity index (χ4v) is 1.23. The average molecular weight is 205 g/mol. The van der Waals surface area contributed by atoms with Gasteiger partial charge in [0.15, 0.2) is 0 Å². The van der Waals surface area contributed by atoms with Crippen molar-refractivity contribution in [3.8, 4) is 0 Å². The van der Waals surface area contributed by atoms with Gasteiger partial charge in [-0.3, -0.25) is 0 Å². The summed E-state index contributed by atoms with van der Waals surface area (Å²) in [4.78, 5) is 11.1. The van der Waals surface area contributed by atoms with Crippen molar-refractivity contribution in [1.29, 1.82) is 0 Å². The van der Waals surface area contributed by atoms with E-state index in [1.54, 1.807) is 13.0 Å². The summed E-state index contributed by atoms with van der Waals surface area (Å²) < 4.78 is 4.78. The molecule has 0 aliphatic heterocycles. The molecule has 0 saturated heterocycles. The number of esters is 1. The highest BCUT2D eigenvalue weighted by atomic mass is 16.5. The van der Waals surface area contributed by atoms with Crippen molar-refractivity contribution >= 4 is 12.0 Å². The van der Waals surface area contributed by atoms with E-state index in [9.17, 15) is 4.79 Å². The van der Waals surface area contributed by atoms with E-state index in [1.807, 2.05) is 24.3 Å². The summed E-state index contributed by atoms with van der Waals surface area (Å²) in [7, 11) is 0. The standard InChI is InChI=1S/C12H15NO2/c1-2-15-12(14)8-7-10-5-3-4-6-11(10)9-13/h3-8H,2,9,13H2,1H3. The maximum Gasteiger partial charge on any atom is 0.330 e. The minimum Gasteiger partial charge on any atom is -0.463 e. The topological polar surface area (TPSA) is 52.3 Å². The van der Waals surface area contributed by atoms with E-state index in [1.165, 1.54) is 6.08 Å². The predicted octanol–water partition coefficient (Wildman–Crippen LogP) is 1.72. The van der Waals surface area contributed by atoms with Gasteiger partial charge in [-0.05, 0) is 24.1 Å². The Morgan fingerprint density at radius 1 is 1.47 bits per heavy atom. The molecule has 0 saturated carbocycles. The minimum atomic E-state index is -0.329. The van der Waals surface area contributed by atoms with Crippen molar-refractivity contribution < 1.29 is 9.53 Å². The number of carbonyl (C=O) groups is 1. The Morgan fingerprint density at radius 3 is 2.87 bits per heavy atom. The first-order valence-electron chi connectivity index (χ1n) is 4.90. The molecule has 0 amide bonds. The van der Waals surface area contributed by atoms with Gasteiger partial charge in [0.2, 0.25) is 0 Å². The molecule has 0 aromatic heterocycles. The number of benzene rings is 1. The minimum absolute atomic E-state index is 0.329. The summed E-state index contributed by atoms with van der Waals surface area (Å²) in [6, 6.07) is 7.68. The molecule has 0 fully saturated rings. The molecule has 0 atom stereocenters. The van der Waals surface area contributed by atoms with Crippen LogP contribution in [0.15, 0.2) is 30.3 Å². The molecule has 2 N–H and O–H groups in total. The van der Waals surface area contributed by atoms with Crippen molar-refractivity contribution in [3.05, 3.63) is 41.5 Å². The third-order valence-electron chi connectivity index (χ3n) is 1.96. The molecule has 0 aliphatic carbocycles. The maximum absolute atomic E-state index is 11.1. The second-order valence-electron chi connectivity index (χ2n) is 2.99. The smallest absolute Gasteiger partial charge is 0.330 e. The largest absolute Gasteiger partial charge is 0.463 e. The average Bonchev–Trinajstić information content (AvgIpc) is 2.27. The molecule has 0 radical (unpaired) electrons. The first kappa shape index (κ1) is 11.5. The fourth-order valence-electron chi connectivity index (χ4n) is 1.23. The molecule has 3 nitrogen and oxygen atoms in total. The van der Waals surface area contributed by atoms with Crippen LogP contribution in [0.25, 0.3) is 6.08 Å². The Labute approximate surface area is 89.5 Å². The van der Waals surface area contributed by atoms with Gasteiger partial charge in [-0.1, -0.05) is 24.3 Å². The highest BCUT2D eigenvalue weighted by molar-refractivity contribution is 5.87. The van der Waals surface area contributed by atoms with Crippen LogP contribution in [0.2, 0.25) is 0 Å². The summed E-state index contributed by atoms with van der Waals surface area (Å²) in [5.41, 5.74) is 7.53. The fraction of sp³-hybridized carbons (Fsp3) is 0.250. The van der Waals surface area contributed by atoms with Crippen LogP contribution in [0.1, 0.15) is 18.1 Å². The molecule has 1 rings (SSSR count). The summed E-state index contributed by atoms with van der Waals surface area (Å²) >= 11 is 0. The van der Waals surface area contributed by atoms with Gasteiger partial charge < -0.3 is 10.5 Å². The zero-order chi connectivity index (χ0) is 11.1. The lowest BCUT2D eigenvalue weighted by Crippen LogP contribution is -2.00. The number of ether oxygens (including phenoxy) is 1. The molecule has 0 aliphatic rings. The lowest BCUT2D eigenvalue weighted by molar-refractivity contribution is -0.137. The molecule has 1 aromatic rings. The second-order valence-corrected chi connectivity index (χ2v) is 2.99. The lowest BCUT2D eigenvalue weighted by Gasteiger charge is -2.01. The van der Waals surface area contributed by atoms with Crippen molar-refractivity contribution in [3.63, 3.8) is 0 Å². The quantitative estimate of drug-likeness (QED) is 0.601. The number of carbonyl (C=O) groups excluding carboxylic acids is 1. The van der Waals surface area contributed by atoms with Crippen LogP contribution in [0.5, 0.6) is 0 Å². The van der Waals surface area contributed by atoms with Gasteiger partial charge >= 0.3 is 5.97 Å². The van der Waals surface area contributed by atoms with Crippen LogP contribution in [-0.4, -0.2) is 12.6 Å². The molecule has 3 heteroatoms. The normalized spacial score (nSPS) is 10.5. The Bertz CT molecular complexity index is 358. The molecule has 0 heterocycles. The van der Waals surface area contributed by atoms with E-state index in [0.717, 1.165) is 11.1 Å². The van der Waals surface area contributed by atoms with Gasteiger partial charge in [0.1, 0.15) is 0 Å². The van der Waals surface area contributed by atoms with Gasteiger partial charge in [-0.25, -0.2) is 4.79 Å². The van der Waals surface area contributed by atoms with Gasteiger partial charge in [0.25, 0.3) is 0 Å². The van der Waals surface area contributed by atoms with Gasteiger partial charge in [0.05, 0.1) is 6.61 Å². The molecule has 0 unspecified atom stereocenters. The van der Waals surface area contributed by atoms with Crippen LogP contribution in [0.3, 0.4) is 0 Å². The first-order chi connectivity index (χ1) is 7.27. The van der Waals surface area contributed by atoms with E-state index in [-0.39, 0.29) is 5.97 Å². The summed E-state index contributed by atoms with van der Waals surface area (Å²) in [6.45, 7) is 2.63. The van der Waals surface area contributed by atoms with E-state index in [0.29, 0.717) is 13.2 Å². The zero-order valence-electron chi connectivity index (χ0n) is 8.77. The van der Waals surface area contributed by atoms with E-state index < -0.39 is 0 Å². The number of hydrogen-bond acceptors (Lipinski definition) is 3. The molecule has 15 heavy (non-hydrogen) atoms. The van der Waals surface area contributed by atoms with Crippen molar-refractivity contribution in [2.45, 2.75) is 13.5 Å². The predicted molar refractivity (Wildman–Crippen MR) is 60.0 cm³/mol. The van der Waals surface area contributed by atoms with Crippen molar-refractivity contribution in [2.75, 3.05) is 6.61 Å². The summed E-state index contributed by atoms with van der Waals surface area (Å²) in [5, 5.41) is 0. The second kappa shape index (κ2) is 5.98. The molecule has 1 aromatic carbocycles. The van der Waals surface area contributed by atoms with Crippen LogP contribution in [0, 0.1) is 0 Å². The Balaban J connectivity index is 2.75.